The fraction of sp³-hybridized carbons (Fsp3) is 0.471. The van der Waals surface area contributed by atoms with Crippen LogP contribution in [-0.4, -0.2) is 28.0 Å². The molecule has 112 valence electrons. The quantitative estimate of drug-likeness (QED) is 0.939. The summed E-state index contributed by atoms with van der Waals surface area (Å²) >= 11 is 0. The lowest BCUT2D eigenvalue weighted by Gasteiger charge is -2.36. The van der Waals surface area contributed by atoms with E-state index in [0.717, 1.165) is 31.7 Å². The molecule has 1 atom stereocenters. The van der Waals surface area contributed by atoms with Crippen molar-refractivity contribution in [2.75, 3.05) is 6.61 Å². The zero-order valence-electron chi connectivity index (χ0n) is 12.7. The van der Waals surface area contributed by atoms with Crippen LogP contribution < -0.4 is 5.32 Å². The van der Waals surface area contributed by atoms with Crippen molar-refractivity contribution in [3.63, 3.8) is 0 Å². The molecule has 21 heavy (non-hydrogen) atoms. The number of para-hydroxylation sites is 1. The largest absolute Gasteiger partial charge is 0.375 e. The molecule has 0 bridgehead atoms. The molecule has 1 fully saturated rings. The summed E-state index contributed by atoms with van der Waals surface area (Å²) in [7, 11) is 0. The molecule has 0 aliphatic carbocycles. The normalized spacial score (nSPS) is 21.3. The van der Waals surface area contributed by atoms with Crippen molar-refractivity contribution in [3.8, 4) is 5.69 Å². The molecule has 1 unspecified atom stereocenters. The Bertz CT molecular complexity index is 577. The van der Waals surface area contributed by atoms with Gasteiger partial charge in [-0.3, -0.25) is 0 Å². The smallest absolute Gasteiger partial charge is 0.0690 e. The van der Waals surface area contributed by atoms with Crippen LogP contribution in [0, 0.1) is 0 Å². The van der Waals surface area contributed by atoms with Crippen LogP contribution in [0.5, 0.6) is 0 Å². The maximum Gasteiger partial charge on any atom is 0.0690 e. The van der Waals surface area contributed by atoms with Crippen LogP contribution in [0.25, 0.3) is 5.69 Å². The van der Waals surface area contributed by atoms with Crippen LogP contribution in [0.3, 0.4) is 0 Å². The maximum absolute atomic E-state index is 5.78. The minimum atomic E-state index is -0.0165. The van der Waals surface area contributed by atoms with Gasteiger partial charge in [0.2, 0.25) is 0 Å². The van der Waals surface area contributed by atoms with Gasteiger partial charge in [-0.25, -0.2) is 4.68 Å². The summed E-state index contributed by atoms with van der Waals surface area (Å²) in [6.07, 6.45) is 5.92. The summed E-state index contributed by atoms with van der Waals surface area (Å²) in [5.74, 6) is 0. The molecule has 1 aromatic heterocycles. The number of ether oxygens (including phenoxy) is 1. The summed E-state index contributed by atoms with van der Waals surface area (Å²) in [4.78, 5) is 0. The average Bonchev–Trinajstić information content (AvgIpc) is 2.98. The molecule has 0 saturated carbocycles. The highest BCUT2D eigenvalue weighted by atomic mass is 16.5. The Labute approximate surface area is 126 Å². The Morgan fingerprint density at radius 1 is 1.33 bits per heavy atom. The van der Waals surface area contributed by atoms with Gasteiger partial charge in [0, 0.05) is 31.6 Å². The third-order valence-corrected chi connectivity index (χ3v) is 4.02. The molecule has 4 nitrogen and oxygen atoms in total. The second-order valence-corrected chi connectivity index (χ2v) is 6.26. The second-order valence-electron chi connectivity index (χ2n) is 6.26. The lowest BCUT2D eigenvalue weighted by atomic mass is 9.94. The number of nitrogens with zero attached hydrogens (tertiary/aromatic N) is 2. The first-order valence-corrected chi connectivity index (χ1v) is 7.59. The molecule has 0 radical (unpaired) electrons. The minimum absolute atomic E-state index is 0.0165. The molecule has 3 rings (SSSR count). The summed E-state index contributed by atoms with van der Waals surface area (Å²) in [5, 5.41) is 8.01. The summed E-state index contributed by atoms with van der Waals surface area (Å²) in [6, 6.07) is 10.9. The average molecular weight is 285 g/mol. The first kappa shape index (κ1) is 14.3. The van der Waals surface area contributed by atoms with E-state index in [9.17, 15) is 0 Å². The number of benzene rings is 1. The molecule has 2 heterocycles. The van der Waals surface area contributed by atoms with Gasteiger partial charge in [0.05, 0.1) is 11.3 Å². The Morgan fingerprint density at radius 3 is 2.95 bits per heavy atom. The maximum atomic E-state index is 5.78. The number of hydrogen-bond donors (Lipinski definition) is 1. The molecular formula is C17H23N3O. The third kappa shape index (κ3) is 3.52. The van der Waals surface area contributed by atoms with E-state index in [4.69, 9.17) is 4.74 Å². The summed E-state index contributed by atoms with van der Waals surface area (Å²) in [5.41, 5.74) is 2.39. The van der Waals surface area contributed by atoms with E-state index in [1.807, 2.05) is 23.1 Å². The zero-order valence-corrected chi connectivity index (χ0v) is 12.7. The van der Waals surface area contributed by atoms with Gasteiger partial charge >= 0.3 is 0 Å². The van der Waals surface area contributed by atoms with Gasteiger partial charge in [0.25, 0.3) is 0 Å². The van der Waals surface area contributed by atoms with Crippen LogP contribution in [0.4, 0.5) is 0 Å². The van der Waals surface area contributed by atoms with E-state index < -0.39 is 0 Å². The van der Waals surface area contributed by atoms with E-state index in [1.165, 1.54) is 5.56 Å². The first-order chi connectivity index (χ1) is 10.1. The van der Waals surface area contributed by atoms with E-state index in [-0.39, 0.29) is 5.60 Å². The van der Waals surface area contributed by atoms with Gasteiger partial charge < -0.3 is 10.1 Å². The summed E-state index contributed by atoms with van der Waals surface area (Å²) < 4.78 is 7.70. The molecule has 1 saturated heterocycles. The van der Waals surface area contributed by atoms with Crippen molar-refractivity contribution in [2.45, 2.75) is 44.9 Å². The molecule has 1 aliphatic heterocycles. The van der Waals surface area contributed by atoms with Gasteiger partial charge in [-0.15, -0.1) is 0 Å². The van der Waals surface area contributed by atoms with Crippen LogP contribution in [0.2, 0.25) is 0 Å². The third-order valence-electron chi connectivity index (χ3n) is 4.02. The van der Waals surface area contributed by atoms with Gasteiger partial charge in [0.1, 0.15) is 0 Å². The van der Waals surface area contributed by atoms with Gasteiger partial charge in [-0.2, -0.15) is 5.10 Å². The Balaban J connectivity index is 1.68. The predicted octanol–water partition coefficient (Wildman–Crippen LogP) is 2.92. The van der Waals surface area contributed by atoms with E-state index in [1.54, 1.807) is 0 Å². The fourth-order valence-corrected chi connectivity index (χ4v) is 2.96. The molecule has 0 amide bonds. The number of hydrogen-bond acceptors (Lipinski definition) is 3. The van der Waals surface area contributed by atoms with Crippen molar-refractivity contribution >= 4 is 0 Å². The van der Waals surface area contributed by atoms with Crippen molar-refractivity contribution in [1.29, 1.82) is 0 Å². The monoisotopic (exact) mass is 285 g/mol. The Kier molecular flexibility index (Phi) is 4.08. The highest BCUT2D eigenvalue weighted by Crippen LogP contribution is 2.24. The molecular weight excluding hydrogens is 262 g/mol. The first-order valence-electron chi connectivity index (χ1n) is 7.59. The standard InChI is InChI=1S/C17H23N3O/c1-17(2)12-15(8-11-21-17)18-13-14-6-3-4-7-16(14)20-10-5-9-19-20/h3-7,9-10,15,18H,8,11-13H2,1-2H3. The van der Waals surface area contributed by atoms with E-state index >= 15 is 0 Å². The SMILES string of the molecule is CC1(C)CC(NCc2ccccc2-n2cccn2)CCO1. The van der Waals surface area contributed by atoms with Crippen LogP contribution in [0.15, 0.2) is 42.7 Å². The molecule has 1 N–H and O–H groups in total. The van der Waals surface area contributed by atoms with Crippen molar-refractivity contribution < 1.29 is 4.74 Å². The molecule has 4 heteroatoms. The van der Waals surface area contributed by atoms with Crippen LogP contribution >= 0.6 is 0 Å². The van der Waals surface area contributed by atoms with Crippen molar-refractivity contribution in [2.24, 2.45) is 0 Å². The predicted molar refractivity (Wildman–Crippen MR) is 83.5 cm³/mol. The lowest BCUT2D eigenvalue weighted by Crippen LogP contribution is -2.43. The van der Waals surface area contributed by atoms with E-state index in [2.05, 4.69) is 48.5 Å². The second kappa shape index (κ2) is 6.00. The topological polar surface area (TPSA) is 39.1 Å². The van der Waals surface area contributed by atoms with E-state index in [0.29, 0.717) is 6.04 Å². The van der Waals surface area contributed by atoms with Gasteiger partial charge in [-0.05, 0) is 44.4 Å². The fourth-order valence-electron chi connectivity index (χ4n) is 2.96. The van der Waals surface area contributed by atoms with Crippen molar-refractivity contribution in [3.05, 3.63) is 48.3 Å². The molecule has 0 spiro atoms. The molecule has 2 aromatic rings. The summed E-state index contributed by atoms with van der Waals surface area (Å²) in [6.45, 7) is 6.03. The Morgan fingerprint density at radius 2 is 2.19 bits per heavy atom. The van der Waals surface area contributed by atoms with Gasteiger partial charge in [0.15, 0.2) is 0 Å². The van der Waals surface area contributed by atoms with Crippen molar-refractivity contribution in [1.82, 2.24) is 15.1 Å². The highest BCUT2D eigenvalue weighted by Gasteiger charge is 2.28. The number of nitrogens with one attached hydrogen (secondary N) is 1. The molecule has 1 aliphatic rings. The minimum Gasteiger partial charge on any atom is -0.375 e. The number of rotatable bonds is 4. The highest BCUT2D eigenvalue weighted by molar-refractivity contribution is 5.40. The Hall–Kier alpha value is -1.65. The number of aromatic nitrogens is 2. The van der Waals surface area contributed by atoms with Crippen LogP contribution in [0.1, 0.15) is 32.3 Å². The lowest BCUT2D eigenvalue weighted by molar-refractivity contribution is -0.0630. The zero-order chi connectivity index (χ0) is 14.7. The van der Waals surface area contributed by atoms with Gasteiger partial charge in [-0.1, -0.05) is 18.2 Å². The molecule has 1 aromatic carbocycles. The van der Waals surface area contributed by atoms with Crippen LogP contribution in [-0.2, 0) is 11.3 Å².